The van der Waals surface area contributed by atoms with Gasteiger partial charge >= 0.3 is 0 Å². The first-order valence-electron chi connectivity index (χ1n) is 7.89. The first-order chi connectivity index (χ1) is 8.85. The highest BCUT2D eigenvalue weighted by atomic mass is 14.1. The molecule has 0 rings (SSSR count). The molecular formula is C18H32. The first-order valence-corrected chi connectivity index (χ1v) is 7.89. The Balaban J connectivity index is 3.38. The fourth-order valence-corrected chi connectivity index (χ4v) is 2.21. The molecule has 104 valence electrons. The van der Waals surface area contributed by atoms with Crippen molar-refractivity contribution in [3.05, 3.63) is 13.8 Å². The van der Waals surface area contributed by atoms with Crippen molar-refractivity contribution >= 4 is 0 Å². The van der Waals surface area contributed by atoms with E-state index < -0.39 is 0 Å². The van der Waals surface area contributed by atoms with Crippen LogP contribution in [0.5, 0.6) is 0 Å². The minimum atomic E-state index is 0.908. The van der Waals surface area contributed by atoms with Gasteiger partial charge in [0.15, 0.2) is 0 Å². The summed E-state index contributed by atoms with van der Waals surface area (Å²) in [5.74, 6) is 7.53. The van der Waals surface area contributed by atoms with Crippen LogP contribution in [0.2, 0.25) is 0 Å². The van der Waals surface area contributed by atoms with Crippen LogP contribution in [0.3, 0.4) is 0 Å². The molecule has 0 aromatic carbocycles. The van der Waals surface area contributed by atoms with Crippen molar-refractivity contribution < 1.29 is 0 Å². The first kappa shape index (κ1) is 17.6. The molecule has 0 fully saturated rings. The molecule has 1 unspecified atom stereocenters. The van der Waals surface area contributed by atoms with Crippen molar-refractivity contribution in [3.63, 3.8) is 0 Å². The predicted molar refractivity (Wildman–Crippen MR) is 83.1 cm³/mol. The molecule has 0 saturated heterocycles. The summed E-state index contributed by atoms with van der Waals surface area (Å²) in [5.41, 5.74) is 0. The number of hydrogen-bond donors (Lipinski definition) is 0. The third-order valence-corrected chi connectivity index (χ3v) is 3.53. The van der Waals surface area contributed by atoms with Crippen LogP contribution in [0, 0.1) is 31.6 Å². The molecule has 0 aliphatic rings. The van der Waals surface area contributed by atoms with E-state index in [1.54, 1.807) is 0 Å². The maximum atomic E-state index is 3.92. The summed E-state index contributed by atoms with van der Waals surface area (Å²) in [6, 6.07) is 0. The monoisotopic (exact) mass is 248 g/mol. The Bertz CT molecular complexity index is 206. The van der Waals surface area contributed by atoms with E-state index in [-0.39, 0.29) is 0 Å². The topological polar surface area (TPSA) is 0 Å². The van der Waals surface area contributed by atoms with Crippen molar-refractivity contribution in [3.8, 4) is 11.8 Å². The molecule has 1 atom stereocenters. The Labute approximate surface area is 116 Å². The predicted octanol–water partition coefficient (Wildman–Crippen LogP) is 5.98. The van der Waals surface area contributed by atoms with Gasteiger partial charge in [-0.1, -0.05) is 65.7 Å². The van der Waals surface area contributed by atoms with Crippen LogP contribution in [0.15, 0.2) is 0 Å². The Morgan fingerprint density at radius 3 is 2.00 bits per heavy atom. The third-order valence-electron chi connectivity index (χ3n) is 3.53. The summed E-state index contributed by atoms with van der Waals surface area (Å²) in [4.78, 5) is 0. The largest absolute Gasteiger partial charge is 0.103 e. The Morgan fingerprint density at radius 2 is 1.39 bits per heavy atom. The molecule has 0 aromatic heterocycles. The number of hydrogen-bond acceptors (Lipinski definition) is 0. The Kier molecular flexibility index (Phi) is 14.3. The van der Waals surface area contributed by atoms with E-state index in [1.165, 1.54) is 51.4 Å². The summed E-state index contributed by atoms with van der Waals surface area (Å²) >= 11 is 0. The van der Waals surface area contributed by atoms with E-state index in [0.29, 0.717) is 0 Å². The van der Waals surface area contributed by atoms with Gasteiger partial charge in [-0.15, -0.1) is 11.8 Å². The Morgan fingerprint density at radius 1 is 0.778 bits per heavy atom. The second kappa shape index (κ2) is 14.6. The molecular weight excluding hydrogens is 216 g/mol. The fourth-order valence-electron chi connectivity index (χ4n) is 2.21. The van der Waals surface area contributed by atoms with Crippen LogP contribution < -0.4 is 0 Å². The van der Waals surface area contributed by atoms with E-state index in [1.807, 2.05) is 0 Å². The zero-order chi connectivity index (χ0) is 13.5. The van der Waals surface area contributed by atoms with Gasteiger partial charge in [0.25, 0.3) is 0 Å². The molecule has 18 heavy (non-hydrogen) atoms. The number of rotatable bonds is 11. The molecule has 0 saturated carbocycles. The molecule has 0 nitrogen and oxygen atoms in total. The molecule has 0 spiro atoms. The van der Waals surface area contributed by atoms with E-state index in [9.17, 15) is 0 Å². The second-order valence-corrected chi connectivity index (χ2v) is 5.18. The van der Waals surface area contributed by atoms with Crippen LogP contribution in [0.4, 0.5) is 0 Å². The van der Waals surface area contributed by atoms with Gasteiger partial charge in [0.1, 0.15) is 0 Å². The lowest BCUT2D eigenvalue weighted by atomic mass is 9.94. The molecule has 0 heterocycles. The van der Waals surface area contributed by atoms with Crippen molar-refractivity contribution in [1.82, 2.24) is 0 Å². The SMILES string of the molecule is [CH2]CCCCCC#CCCCC(CC)CCC[CH2]. The summed E-state index contributed by atoms with van der Waals surface area (Å²) in [6.45, 7) is 10.1. The zero-order valence-corrected chi connectivity index (χ0v) is 12.5. The minimum absolute atomic E-state index is 0.908. The smallest absolute Gasteiger partial charge is 0.00887 e. The highest BCUT2D eigenvalue weighted by Gasteiger charge is 2.04. The van der Waals surface area contributed by atoms with Crippen LogP contribution >= 0.6 is 0 Å². The van der Waals surface area contributed by atoms with Gasteiger partial charge in [-0.2, -0.15) is 0 Å². The van der Waals surface area contributed by atoms with E-state index >= 15 is 0 Å². The third kappa shape index (κ3) is 12.0. The summed E-state index contributed by atoms with van der Waals surface area (Å²) in [6.07, 6.45) is 14.7. The van der Waals surface area contributed by atoms with Gasteiger partial charge in [0.05, 0.1) is 0 Å². The van der Waals surface area contributed by atoms with Gasteiger partial charge in [0.2, 0.25) is 0 Å². The lowest BCUT2D eigenvalue weighted by molar-refractivity contribution is 0.415. The molecule has 0 aliphatic carbocycles. The fraction of sp³-hybridized carbons (Fsp3) is 0.778. The molecule has 0 bridgehead atoms. The normalized spacial score (nSPS) is 11.9. The molecule has 0 aliphatic heterocycles. The van der Waals surface area contributed by atoms with E-state index in [2.05, 4.69) is 32.6 Å². The highest BCUT2D eigenvalue weighted by molar-refractivity contribution is 4.98. The average molecular weight is 248 g/mol. The molecule has 0 aromatic rings. The second-order valence-electron chi connectivity index (χ2n) is 5.18. The number of unbranched alkanes of at least 4 members (excludes halogenated alkanes) is 6. The average Bonchev–Trinajstić information content (AvgIpc) is 2.40. The molecule has 0 amide bonds. The van der Waals surface area contributed by atoms with Crippen molar-refractivity contribution in [2.24, 2.45) is 5.92 Å². The standard InChI is InChI=1S/C18H32/c1-4-7-9-10-11-12-13-14-15-17-18(6-3)16-8-5-2/h18H,1-2,4-11,14-17H2,3H3. The van der Waals surface area contributed by atoms with Crippen LogP contribution in [0.25, 0.3) is 0 Å². The van der Waals surface area contributed by atoms with Gasteiger partial charge in [-0.3, -0.25) is 0 Å². The summed E-state index contributed by atoms with van der Waals surface area (Å²) in [7, 11) is 0. The van der Waals surface area contributed by atoms with Crippen molar-refractivity contribution in [2.45, 2.75) is 84.0 Å². The van der Waals surface area contributed by atoms with Gasteiger partial charge < -0.3 is 0 Å². The lowest BCUT2D eigenvalue weighted by Gasteiger charge is -2.12. The Hall–Kier alpha value is -0.440. The van der Waals surface area contributed by atoms with Crippen LogP contribution in [-0.4, -0.2) is 0 Å². The van der Waals surface area contributed by atoms with Crippen molar-refractivity contribution in [1.29, 1.82) is 0 Å². The maximum Gasteiger partial charge on any atom is 0.00887 e. The summed E-state index contributed by atoms with van der Waals surface area (Å²) in [5, 5.41) is 0. The lowest BCUT2D eigenvalue weighted by Crippen LogP contribution is -1.98. The van der Waals surface area contributed by atoms with Gasteiger partial charge in [0, 0.05) is 12.8 Å². The molecule has 0 N–H and O–H groups in total. The zero-order valence-electron chi connectivity index (χ0n) is 12.5. The maximum absolute atomic E-state index is 3.92. The van der Waals surface area contributed by atoms with Crippen LogP contribution in [-0.2, 0) is 0 Å². The van der Waals surface area contributed by atoms with E-state index in [0.717, 1.165) is 31.6 Å². The molecule has 0 heteroatoms. The van der Waals surface area contributed by atoms with Gasteiger partial charge in [-0.25, -0.2) is 0 Å². The van der Waals surface area contributed by atoms with Crippen molar-refractivity contribution in [2.75, 3.05) is 0 Å². The van der Waals surface area contributed by atoms with Crippen LogP contribution in [0.1, 0.15) is 84.0 Å². The van der Waals surface area contributed by atoms with Gasteiger partial charge in [-0.05, 0) is 25.2 Å². The minimum Gasteiger partial charge on any atom is -0.103 e. The summed E-state index contributed by atoms with van der Waals surface area (Å²) < 4.78 is 0. The highest BCUT2D eigenvalue weighted by Crippen LogP contribution is 2.18. The molecule has 2 radical (unpaired) electrons. The quantitative estimate of drug-likeness (QED) is 0.312. The van der Waals surface area contributed by atoms with E-state index in [4.69, 9.17) is 0 Å².